The largest absolute Gasteiger partial charge is 0.458 e. The lowest BCUT2D eigenvalue weighted by molar-refractivity contribution is -0.148. The van der Waals surface area contributed by atoms with Crippen LogP contribution in [0.3, 0.4) is 0 Å². The van der Waals surface area contributed by atoms with Gasteiger partial charge in [-0.2, -0.15) is 0 Å². The molecule has 2 heterocycles. The molecule has 0 radical (unpaired) electrons. The third-order valence-corrected chi connectivity index (χ3v) is 5.00. The summed E-state index contributed by atoms with van der Waals surface area (Å²) in [6.45, 7) is 1.89. The van der Waals surface area contributed by atoms with Crippen molar-refractivity contribution < 1.29 is 9.53 Å². The van der Waals surface area contributed by atoms with Crippen LogP contribution in [0.4, 0.5) is 0 Å². The van der Waals surface area contributed by atoms with Crippen LogP contribution in [0.1, 0.15) is 29.7 Å². The lowest BCUT2D eigenvalue weighted by atomic mass is 9.96. The first kappa shape index (κ1) is 16.8. The summed E-state index contributed by atoms with van der Waals surface area (Å²) < 4.78 is 6.97. The van der Waals surface area contributed by atoms with Gasteiger partial charge in [0.1, 0.15) is 12.3 Å². The van der Waals surface area contributed by atoms with Crippen LogP contribution in [-0.4, -0.2) is 15.4 Å². The predicted octanol–water partition coefficient (Wildman–Crippen LogP) is 3.43. The Labute approximate surface area is 155 Å². The highest BCUT2D eigenvalue weighted by Crippen LogP contribution is 2.49. The van der Waals surface area contributed by atoms with E-state index in [1.165, 1.54) is 10.5 Å². The van der Waals surface area contributed by atoms with Crippen LogP contribution >= 0.6 is 11.6 Å². The van der Waals surface area contributed by atoms with Gasteiger partial charge in [-0.05, 0) is 49.1 Å². The highest BCUT2D eigenvalue weighted by Gasteiger charge is 2.52. The zero-order chi connectivity index (χ0) is 18.3. The fraction of sp³-hybridized carbons (Fsp3) is 0.250. The summed E-state index contributed by atoms with van der Waals surface area (Å²) >= 11 is 5.92. The van der Waals surface area contributed by atoms with Crippen molar-refractivity contribution in [1.29, 1.82) is 0 Å². The first-order valence-corrected chi connectivity index (χ1v) is 8.78. The van der Waals surface area contributed by atoms with Crippen LogP contribution in [-0.2, 0) is 21.6 Å². The van der Waals surface area contributed by atoms with Crippen LogP contribution in [0.2, 0.25) is 5.02 Å². The van der Waals surface area contributed by atoms with Gasteiger partial charge in [0, 0.05) is 17.3 Å². The summed E-state index contributed by atoms with van der Waals surface area (Å²) in [5.74, 6) is -0.286. The number of ether oxygens (including phenoxy) is 1. The molecule has 0 saturated heterocycles. The van der Waals surface area contributed by atoms with Gasteiger partial charge in [-0.1, -0.05) is 29.8 Å². The molecule has 0 unspecified atom stereocenters. The van der Waals surface area contributed by atoms with E-state index >= 15 is 0 Å². The van der Waals surface area contributed by atoms with Gasteiger partial charge < -0.3 is 4.74 Å². The van der Waals surface area contributed by atoms with Crippen molar-refractivity contribution in [2.75, 3.05) is 0 Å². The first-order valence-electron chi connectivity index (χ1n) is 8.40. The SMILES string of the molecule is Cc1ccc2nc(COC(=O)C3(c4ccc(Cl)cc4)CC3)cc(=O)n2c1. The molecule has 0 bridgehead atoms. The van der Waals surface area contributed by atoms with Gasteiger partial charge in [0.2, 0.25) is 0 Å². The number of carbonyl (C=O) groups excluding carboxylic acids is 1. The lowest BCUT2D eigenvalue weighted by Crippen LogP contribution is -2.24. The van der Waals surface area contributed by atoms with Crippen molar-refractivity contribution in [3.05, 3.63) is 80.9 Å². The number of aryl methyl sites for hydroxylation is 1. The van der Waals surface area contributed by atoms with E-state index in [1.807, 2.05) is 25.1 Å². The molecule has 132 valence electrons. The van der Waals surface area contributed by atoms with E-state index in [-0.39, 0.29) is 18.1 Å². The van der Waals surface area contributed by atoms with Gasteiger partial charge in [-0.3, -0.25) is 14.0 Å². The maximum atomic E-state index is 12.6. The summed E-state index contributed by atoms with van der Waals surface area (Å²) in [5.41, 5.74) is 2.08. The average molecular weight is 369 g/mol. The van der Waals surface area contributed by atoms with Crippen LogP contribution in [0.15, 0.2) is 53.5 Å². The molecular weight excluding hydrogens is 352 g/mol. The number of esters is 1. The molecule has 0 N–H and O–H groups in total. The smallest absolute Gasteiger partial charge is 0.316 e. The summed E-state index contributed by atoms with van der Waals surface area (Å²) in [7, 11) is 0. The standard InChI is InChI=1S/C20H17ClN2O3/c1-13-2-7-17-22-16(10-18(24)23(17)11-13)12-26-19(25)20(8-9-20)14-3-5-15(21)6-4-14/h2-7,10-11H,8-9,12H2,1H3. The van der Waals surface area contributed by atoms with Crippen molar-refractivity contribution in [1.82, 2.24) is 9.38 Å². The summed E-state index contributed by atoms with van der Waals surface area (Å²) in [6.07, 6.45) is 3.24. The molecule has 0 spiro atoms. The Balaban J connectivity index is 1.53. The molecule has 4 rings (SSSR count). The molecule has 1 fully saturated rings. The number of benzene rings is 1. The molecule has 3 aromatic rings. The van der Waals surface area contributed by atoms with Gasteiger partial charge in [0.05, 0.1) is 11.1 Å². The number of carbonyl (C=O) groups is 1. The van der Waals surface area contributed by atoms with E-state index in [0.717, 1.165) is 24.0 Å². The number of pyridine rings is 1. The van der Waals surface area contributed by atoms with E-state index in [2.05, 4.69) is 4.98 Å². The molecule has 1 aliphatic rings. The van der Waals surface area contributed by atoms with Crippen LogP contribution in [0.25, 0.3) is 5.65 Å². The van der Waals surface area contributed by atoms with Crippen LogP contribution in [0, 0.1) is 6.92 Å². The van der Waals surface area contributed by atoms with Crippen molar-refractivity contribution in [2.24, 2.45) is 0 Å². The van der Waals surface area contributed by atoms with Crippen LogP contribution in [0.5, 0.6) is 0 Å². The Bertz CT molecular complexity index is 1050. The number of fused-ring (bicyclic) bond motifs is 1. The topological polar surface area (TPSA) is 60.7 Å². The molecule has 1 aromatic carbocycles. The number of hydrogen-bond donors (Lipinski definition) is 0. The van der Waals surface area contributed by atoms with Crippen LogP contribution < -0.4 is 5.56 Å². The maximum absolute atomic E-state index is 12.6. The van der Waals surface area contributed by atoms with Crippen molar-refractivity contribution in [3.63, 3.8) is 0 Å². The Morgan fingerprint density at radius 2 is 1.96 bits per heavy atom. The minimum absolute atomic E-state index is 0.0201. The predicted molar refractivity (Wildman–Crippen MR) is 98.4 cm³/mol. The second-order valence-corrected chi connectivity index (χ2v) is 7.12. The number of rotatable bonds is 4. The molecule has 2 aromatic heterocycles. The normalized spacial score (nSPS) is 15.0. The second-order valence-electron chi connectivity index (χ2n) is 6.69. The van der Waals surface area contributed by atoms with Gasteiger partial charge in [-0.25, -0.2) is 4.98 Å². The molecule has 0 aliphatic heterocycles. The zero-order valence-corrected chi connectivity index (χ0v) is 15.0. The average Bonchev–Trinajstić information content (AvgIpc) is 3.43. The van der Waals surface area contributed by atoms with E-state index in [0.29, 0.717) is 16.4 Å². The summed E-state index contributed by atoms with van der Waals surface area (Å²) in [4.78, 5) is 29.2. The van der Waals surface area contributed by atoms with E-state index in [4.69, 9.17) is 16.3 Å². The first-order chi connectivity index (χ1) is 12.5. The molecule has 5 nitrogen and oxygen atoms in total. The minimum atomic E-state index is -0.590. The van der Waals surface area contributed by atoms with E-state index in [9.17, 15) is 9.59 Å². The van der Waals surface area contributed by atoms with Gasteiger partial charge in [-0.15, -0.1) is 0 Å². The molecule has 0 amide bonds. The fourth-order valence-corrected chi connectivity index (χ4v) is 3.24. The monoisotopic (exact) mass is 368 g/mol. The summed E-state index contributed by atoms with van der Waals surface area (Å²) in [5, 5.41) is 0.633. The molecule has 0 atom stereocenters. The van der Waals surface area contributed by atoms with Gasteiger partial charge in [0.15, 0.2) is 0 Å². The molecule has 26 heavy (non-hydrogen) atoms. The quantitative estimate of drug-likeness (QED) is 0.662. The van der Waals surface area contributed by atoms with Crippen molar-refractivity contribution >= 4 is 23.2 Å². The van der Waals surface area contributed by atoms with Gasteiger partial charge in [0.25, 0.3) is 5.56 Å². The fourth-order valence-electron chi connectivity index (χ4n) is 3.11. The van der Waals surface area contributed by atoms with Crippen molar-refractivity contribution in [2.45, 2.75) is 31.8 Å². The highest BCUT2D eigenvalue weighted by molar-refractivity contribution is 6.30. The zero-order valence-electron chi connectivity index (χ0n) is 14.2. The number of halogens is 1. The molecule has 1 saturated carbocycles. The third kappa shape index (κ3) is 2.99. The molecule has 6 heteroatoms. The Morgan fingerprint density at radius 1 is 1.23 bits per heavy atom. The third-order valence-electron chi connectivity index (χ3n) is 4.75. The maximum Gasteiger partial charge on any atom is 0.316 e. The Kier molecular flexibility index (Phi) is 4.04. The number of nitrogens with zero attached hydrogens (tertiary/aromatic N) is 2. The van der Waals surface area contributed by atoms with Crippen molar-refractivity contribution in [3.8, 4) is 0 Å². The number of aromatic nitrogens is 2. The second kappa shape index (κ2) is 6.25. The lowest BCUT2D eigenvalue weighted by Gasteiger charge is -2.15. The molecule has 1 aliphatic carbocycles. The minimum Gasteiger partial charge on any atom is -0.458 e. The van der Waals surface area contributed by atoms with Gasteiger partial charge >= 0.3 is 5.97 Å². The Hall–Kier alpha value is -2.66. The van der Waals surface area contributed by atoms with E-state index in [1.54, 1.807) is 24.4 Å². The number of hydrogen-bond acceptors (Lipinski definition) is 4. The van der Waals surface area contributed by atoms with E-state index < -0.39 is 5.41 Å². The highest BCUT2D eigenvalue weighted by atomic mass is 35.5. The Morgan fingerprint density at radius 3 is 2.65 bits per heavy atom. The molecular formula is C20H17ClN2O3. The summed E-state index contributed by atoms with van der Waals surface area (Å²) in [6, 6.07) is 12.3.